The molecule has 2 aromatic rings. The van der Waals surface area contributed by atoms with E-state index >= 15 is 0 Å². The van der Waals surface area contributed by atoms with Crippen LogP contribution >= 0.6 is 0 Å². The molecule has 0 bridgehead atoms. The molecular weight excluding hydrogens is 324 g/mol. The summed E-state index contributed by atoms with van der Waals surface area (Å²) >= 11 is 0. The molecule has 0 aliphatic carbocycles. The molecule has 4 rings (SSSR count). The van der Waals surface area contributed by atoms with Gasteiger partial charge in [-0.25, -0.2) is 0 Å². The van der Waals surface area contributed by atoms with Crippen molar-refractivity contribution in [1.82, 2.24) is 5.32 Å². The van der Waals surface area contributed by atoms with Crippen LogP contribution in [0, 0.1) is 5.92 Å². The van der Waals surface area contributed by atoms with Crippen LogP contribution in [0.25, 0.3) is 0 Å². The van der Waals surface area contributed by atoms with Gasteiger partial charge >= 0.3 is 0 Å². The van der Waals surface area contributed by atoms with Crippen molar-refractivity contribution in [3.05, 3.63) is 60.2 Å². The number of rotatable bonds is 3. The van der Waals surface area contributed by atoms with E-state index in [-0.39, 0.29) is 17.9 Å². The summed E-state index contributed by atoms with van der Waals surface area (Å²) in [4.78, 5) is 15.2. The lowest BCUT2D eigenvalue weighted by Gasteiger charge is -2.34. The summed E-state index contributed by atoms with van der Waals surface area (Å²) in [5.74, 6) is 1.12. The normalized spacial score (nSPS) is 20.6. The molecule has 1 atom stereocenters. The van der Waals surface area contributed by atoms with Gasteiger partial charge in [0.05, 0.1) is 6.61 Å². The van der Waals surface area contributed by atoms with Crippen LogP contribution in [-0.2, 0) is 11.2 Å². The molecule has 2 aliphatic rings. The number of carbonyl (C=O) groups is 1. The van der Waals surface area contributed by atoms with Crippen molar-refractivity contribution in [3.63, 3.8) is 0 Å². The fourth-order valence-electron chi connectivity index (χ4n) is 3.96. The zero-order valence-corrected chi connectivity index (χ0v) is 15.1. The molecular formula is C22H26N2O2. The Bertz CT molecular complexity index is 739. The first-order chi connectivity index (χ1) is 12.8. The third kappa shape index (κ3) is 3.85. The average Bonchev–Trinajstić information content (AvgIpc) is 2.92. The van der Waals surface area contributed by atoms with Crippen LogP contribution in [0.15, 0.2) is 54.6 Å². The maximum Gasteiger partial charge on any atom is 0.223 e. The second kappa shape index (κ2) is 7.81. The lowest BCUT2D eigenvalue weighted by molar-refractivity contribution is -0.126. The number of para-hydroxylation sites is 2. The highest BCUT2D eigenvalue weighted by atomic mass is 16.5. The maximum absolute atomic E-state index is 12.8. The van der Waals surface area contributed by atoms with Gasteiger partial charge in [-0.2, -0.15) is 0 Å². The van der Waals surface area contributed by atoms with Gasteiger partial charge in [-0.3, -0.25) is 4.79 Å². The Morgan fingerprint density at radius 2 is 1.69 bits per heavy atom. The Balaban J connectivity index is 1.32. The summed E-state index contributed by atoms with van der Waals surface area (Å²) in [6.07, 6.45) is 3.55. The number of piperidine rings is 1. The van der Waals surface area contributed by atoms with Crippen LogP contribution in [0.3, 0.4) is 0 Å². The standard InChI is InChI=1S/C22H26N2O2/c25-22(18-12-15-26-21-9-5-4-6-17(21)16-18)23-19-10-13-24(14-11-19)20-7-2-1-3-8-20/h1-9,18-19H,10-16H2,(H,23,25)/t18-/m0/s1. The second-order valence-corrected chi connectivity index (χ2v) is 7.25. The first kappa shape index (κ1) is 17.0. The predicted molar refractivity (Wildman–Crippen MR) is 104 cm³/mol. The zero-order valence-electron chi connectivity index (χ0n) is 15.1. The fraction of sp³-hybridized carbons (Fsp3) is 0.409. The Morgan fingerprint density at radius 3 is 2.50 bits per heavy atom. The van der Waals surface area contributed by atoms with Crippen molar-refractivity contribution in [2.45, 2.75) is 31.7 Å². The van der Waals surface area contributed by atoms with Gasteiger partial charge in [0.2, 0.25) is 5.91 Å². The van der Waals surface area contributed by atoms with Crippen LogP contribution in [0.1, 0.15) is 24.8 Å². The van der Waals surface area contributed by atoms with Crippen LogP contribution in [0.4, 0.5) is 5.69 Å². The number of ether oxygens (including phenoxy) is 1. The molecule has 0 aromatic heterocycles. The predicted octanol–water partition coefficient (Wildman–Crippen LogP) is 3.41. The fourth-order valence-corrected chi connectivity index (χ4v) is 3.96. The number of anilines is 1. The molecule has 2 aromatic carbocycles. The van der Waals surface area contributed by atoms with E-state index in [1.807, 2.05) is 24.3 Å². The third-order valence-electron chi connectivity index (χ3n) is 5.50. The van der Waals surface area contributed by atoms with E-state index in [4.69, 9.17) is 4.74 Å². The number of nitrogens with zero attached hydrogens (tertiary/aromatic N) is 1. The van der Waals surface area contributed by atoms with Crippen LogP contribution < -0.4 is 15.0 Å². The molecule has 1 N–H and O–H groups in total. The molecule has 136 valence electrons. The molecule has 4 heteroatoms. The summed E-state index contributed by atoms with van der Waals surface area (Å²) in [5, 5.41) is 3.30. The van der Waals surface area contributed by atoms with Crippen LogP contribution in [-0.4, -0.2) is 31.6 Å². The van der Waals surface area contributed by atoms with E-state index in [1.54, 1.807) is 0 Å². The van der Waals surface area contributed by atoms with Gasteiger partial charge in [0.15, 0.2) is 0 Å². The monoisotopic (exact) mass is 350 g/mol. The lowest BCUT2D eigenvalue weighted by Crippen LogP contribution is -2.46. The molecule has 26 heavy (non-hydrogen) atoms. The molecule has 0 saturated carbocycles. The number of hydrogen-bond acceptors (Lipinski definition) is 3. The van der Waals surface area contributed by atoms with Crippen molar-refractivity contribution in [2.75, 3.05) is 24.6 Å². The lowest BCUT2D eigenvalue weighted by atomic mass is 9.95. The van der Waals surface area contributed by atoms with Crippen molar-refractivity contribution in [3.8, 4) is 5.75 Å². The van der Waals surface area contributed by atoms with E-state index in [0.29, 0.717) is 6.61 Å². The zero-order chi connectivity index (χ0) is 17.8. The highest BCUT2D eigenvalue weighted by molar-refractivity contribution is 5.79. The second-order valence-electron chi connectivity index (χ2n) is 7.25. The minimum absolute atomic E-state index is 0.00537. The van der Waals surface area contributed by atoms with Crippen LogP contribution in [0.5, 0.6) is 5.75 Å². The van der Waals surface area contributed by atoms with Crippen molar-refractivity contribution in [2.24, 2.45) is 5.92 Å². The molecule has 1 fully saturated rings. The summed E-state index contributed by atoms with van der Waals surface area (Å²) in [6, 6.07) is 18.9. The van der Waals surface area contributed by atoms with Gasteiger partial charge < -0.3 is 15.0 Å². The Morgan fingerprint density at radius 1 is 0.962 bits per heavy atom. The van der Waals surface area contributed by atoms with Gasteiger partial charge in [-0.05, 0) is 49.4 Å². The number of carbonyl (C=O) groups excluding carboxylic acids is 1. The Hall–Kier alpha value is -2.49. The van der Waals surface area contributed by atoms with Crippen molar-refractivity contribution in [1.29, 1.82) is 0 Å². The first-order valence-electron chi connectivity index (χ1n) is 9.60. The highest BCUT2D eigenvalue weighted by Gasteiger charge is 2.27. The molecule has 1 saturated heterocycles. The number of amides is 1. The molecule has 0 spiro atoms. The van der Waals surface area contributed by atoms with E-state index in [9.17, 15) is 4.79 Å². The number of hydrogen-bond donors (Lipinski definition) is 1. The Kier molecular flexibility index (Phi) is 5.09. The van der Waals surface area contributed by atoms with Gasteiger partial charge in [-0.15, -0.1) is 0 Å². The third-order valence-corrected chi connectivity index (χ3v) is 5.50. The summed E-state index contributed by atoms with van der Waals surface area (Å²) < 4.78 is 5.80. The number of nitrogens with one attached hydrogen (secondary N) is 1. The van der Waals surface area contributed by atoms with E-state index in [0.717, 1.165) is 50.1 Å². The quantitative estimate of drug-likeness (QED) is 0.922. The first-order valence-corrected chi connectivity index (χ1v) is 9.60. The van der Waals surface area contributed by atoms with E-state index in [2.05, 4.69) is 40.5 Å². The summed E-state index contributed by atoms with van der Waals surface area (Å²) in [6.45, 7) is 2.60. The largest absolute Gasteiger partial charge is 0.493 e. The van der Waals surface area contributed by atoms with Gasteiger partial charge in [0.25, 0.3) is 0 Å². The minimum Gasteiger partial charge on any atom is -0.493 e. The van der Waals surface area contributed by atoms with E-state index < -0.39 is 0 Å². The molecule has 2 heterocycles. The highest BCUT2D eigenvalue weighted by Crippen LogP contribution is 2.27. The number of benzene rings is 2. The molecule has 0 unspecified atom stereocenters. The molecule has 2 aliphatic heterocycles. The van der Waals surface area contributed by atoms with Gasteiger partial charge in [-0.1, -0.05) is 36.4 Å². The van der Waals surface area contributed by atoms with Crippen molar-refractivity contribution < 1.29 is 9.53 Å². The van der Waals surface area contributed by atoms with E-state index in [1.165, 1.54) is 5.69 Å². The van der Waals surface area contributed by atoms with Gasteiger partial charge in [0.1, 0.15) is 5.75 Å². The Labute approximate surface area is 155 Å². The molecule has 4 nitrogen and oxygen atoms in total. The smallest absolute Gasteiger partial charge is 0.223 e. The van der Waals surface area contributed by atoms with Gasteiger partial charge in [0, 0.05) is 30.7 Å². The minimum atomic E-state index is 0.00537. The number of fused-ring (bicyclic) bond motifs is 1. The molecule has 1 amide bonds. The molecule has 0 radical (unpaired) electrons. The van der Waals surface area contributed by atoms with Crippen molar-refractivity contribution >= 4 is 11.6 Å². The maximum atomic E-state index is 12.8. The van der Waals surface area contributed by atoms with Crippen LogP contribution in [0.2, 0.25) is 0 Å². The topological polar surface area (TPSA) is 41.6 Å². The SMILES string of the molecule is O=C(NC1CCN(c2ccccc2)CC1)[C@H]1CCOc2ccccc2C1. The average molecular weight is 350 g/mol. The summed E-state index contributed by atoms with van der Waals surface area (Å²) in [7, 11) is 0. The summed E-state index contributed by atoms with van der Waals surface area (Å²) in [5.41, 5.74) is 2.42.